The second-order valence-corrected chi connectivity index (χ2v) is 4.61. The number of thioether (sulfide) groups is 1. The standard InChI is InChI=1S/C12H12N2O4S/c1-17-9-4-2-8(3-5-9)6-10-13-12(18-14-10)19-7-11(15)16/h2-5H,6-7H2,1H3,(H,15,16). The summed E-state index contributed by atoms with van der Waals surface area (Å²) >= 11 is 1.01. The Bertz CT molecular complexity index is 553. The Labute approximate surface area is 113 Å². The number of rotatable bonds is 6. The van der Waals surface area contributed by atoms with Crippen molar-refractivity contribution in [2.24, 2.45) is 0 Å². The molecule has 0 bridgehead atoms. The lowest BCUT2D eigenvalue weighted by molar-refractivity contribution is -0.133. The molecule has 1 aromatic heterocycles. The van der Waals surface area contributed by atoms with Crippen LogP contribution in [0.1, 0.15) is 11.4 Å². The second-order valence-electron chi connectivity index (χ2n) is 3.68. The number of aromatic nitrogens is 2. The fourth-order valence-corrected chi connectivity index (χ4v) is 1.92. The summed E-state index contributed by atoms with van der Waals surface area (Å²) in [6.45, 7) is 0. The van der Waals surface area contributed by atoms with Crippen molar-refractivity contribution in [2.75, 3.05) is 12.9 Å². The molecular formula is C12H12N2O4S. The van der Waals surface area contributed by atoms with E-state index in [2.05, 4.69) is 10.1 Å². The highest BCUT2D eigenvalue weighted by Crippen LogP contribution is 2.17. The molecule has 0 atom stereocenters. The van der Waals surface area contributed by atoms with Crippen LogP contribution >= 0.6 is 11.8 Å². The molecule has 0 saturated heterocycles. The molecule has 0 amide bonds. The van der Waals surface area contributed by atoms with E-state index in [0.717, 1.165) is 23.1 Å². The number of carbonyl (C=O) groups is 1. The molecule has 2 aromatic rings. The van der Waals surface area contributed by atoms with Crippen molar-refractivity contribution in [3.63, 3.8) is 0 Å². The number of methoxy groups -OCH3 is 1. The molecule has 0 aliphatic rings. The van der Waals surface area contributed by atoms with Gasteiger partial charge in [0.05, 0.1) is 7.11 Å². The van der Waals surface area contributed by atoms with Crippen LogP contribution in [-0.2, 0) is 11.2 Å². The van der Waals surface area contributed by atoms with E-state index in [9.17, 15) is 4.79 Å². The minimum Gasteiger partial charge on any atom is -0.497 e. The smallest absolute Gasteiger partial charge is 0.314 e. The number of aliphatic carboxylic acids is 1. The molecule has 0 unspecified atom stereocenters. The van der Waals surface area contributed by atoms with Gasteiger partial charge in [0, 0.05) is 6.42 Å². The van der Waals surface area contributed by atoms with Crippen molar-refractivity contribution in [1.82, 2.24) is 10.1 Å². The molecule has 7 heteroatoms. The molecule has 2 rings (SSSR count). The summed E-state index contributed by atoms with van der Waals surface area (Å²) in [5.74, 6) is 0.303. The van der Waals surface area contributed by atoms with Gasteiger partial charge in [-0.25, -0.2) is 0 Å². The zero-order valence-electron chi connectivity index (χ0n) is 10.2. The summed E-state index contributed by atoms with van der Waals surface area (Å²) in [6.07, 6.45) is 0.529. The number of carboxylic acid groups (broad SMARTS) is 1. The number of ether oxygens (including phenoxy) is 1. The maximum atomic E-state index is 10.4. The molecule has 1 heterocycles. The first-order valence-corrected chi connectivity index (χ1v) is 6.46. The van der Waals surface area contributed by atoms with Crippen LogP contribution in [0, 0.1) is 0 Å². The fourth-order valence-electron chi connectivity index (χ4n) is 1.42. The number of nitrogens with zero attached hydrogens (tertiary/aromatic N) is 2. The number of carboxylic acids is 1. The number of hydrogen-bond donors (Lipinski definition) is 1. The third-order valence-electron chi connectivity index (χ3n) is 2.29. The van der Waals surface area contributed by atoms with E-state index in [1.54, 1.807) is 7.11 Å². The van der Waals surface area contributed by atoms with E-state index < -0.39 is 5.97 Å². The molecule has 0 spiro atoms. The van der Waals surface area contributed by atoms with Crippen LogP contribution in [0.25, 0.3) is 0 Å². The SMILES string of the molecule is COc1ccc(Cc2noc(SCC(=O)O)n2)cc1. The maximum Gasteiger partial charge on any atom is 0.314 e. The van der Waals surface area contributed by atoms with E-state index in [0.29, 0.717) is 12.2 Å². The van der Waals surface area contributed by atoms with Gasteiger partial charge in [0.15, 0.2) is 5.82 Å². The minimum atomic E-state index is -0.917. The first-order valence-electron chi connectivity index (χ1n) is 5.47. The van der Waals surface area contributed by atoms with Gasteiger partial charge in [-0.1, -0.05) is 29.1 Å². The first-order chi connectivity index (χ1) is 9.17. The van der Waals surface area contributed by atoms with Crippen molar-refractivity contribution in [1.29, 1.82) is 0 Å². The molecular weight excluding hydrogens is 268 g/mol. The molecule has 6 nitrogen and oxygen atoms in total. The van der Waals surface area contributed by atoms with Crippen molar-refractivity contribution in [3.8, 4) is 5.75 Å². The maximum absolute atomic E-state index is 10.4. The van der Waals surface area contributed by atoms with E-state index in [4.69, 9.17) is 14.4 Å². The molecule has 0 radical (unpaired) electrons. The average Bonchev–Trinajstić information content (AvgIpc) is 2.85. The zero-order valence-corrected chi connectivity index (χ0v) is 11.0. The monoisotopic (exact) mass is 280 g/mol. The molecule has 19 heavy (non-hydrogen) atoms. The van der Waals surface area contributed by atoms with E-state index in [1.807, 2.05) is 24.3 Å². The molecule has 100 valence electrons. The lowest BCUT2D eigenvalue weighted by atomic mass is 10.1. The summed E-state index contributed by atoms with van der Waals surface area (Å²) in [6, 6.07) is 7.55. The van der Waals surface area contributed by atoms with Crippen molar-refractivity contribution < 1.29 is 19.2 Å². The van der Waals surface area contributed by atoms with Crippen LogP contribution in [0.2, 0.25) is 0 Å². The molecule has 0 aliphatic carbocycles. The lowest BCUT2D eigenvalue weighted by Gasteiger charge is -2.00. The van der Waals surface area contributed by atoms with Crippen LogP contribution in [0.3, 0.4) is 0 Å². The second kappa shape index (κ2) is 6.24. The zero-order chi connectivity index (χ0) is 13.7. The van der Waals surface area contributed by atoms with Gasteiger partial charge in [0.25, 0.3) is 5.22 Å². The Kier molecular flexibility index (Phi) is 4.40. The predicted octanol–water partition coefficient (Wildman–Crippen LogP) is 1.85. The Morgan fingerprint density at radius 3 is 2.79 bits per heavy atom. The van der Waals surface area contributed by atoms with Crippen LogP contribution in [-0.4, -0.2) is 34.1 Å². The summed E-state index contributed by atoms with van der Waals surface area (Å²) < 4.78 is 10.0. The third-order valence-corrected chi connectivity index (χ3v) is 3.09. The van der Waals surface area contributed by atoms with Crippen LogP contribution in [0.4, 0.5) is 0 Å². The van der Waals surface area contributed by atoms with Crippen molar-refractivity contribution in [2.45, 2.75) is 11.6 Å². The van der Waals surface area contributed by atoms with Gasteiger partial charge >= 0.3 is 5.97 Å². The summed E-state index contributed by atoms with van der Waals surface area (Å²) in [7, 11) is 1.61. The normalized spacial score (nSPS) is 10.4. The van der Waals surface area contributed by atoms with Gasteiger partial charge in [-0.2, -0.15) is 4.98 Å². The topological polar surface area (TPSA) is 85.5 Å². The highest BCUT2D eigenvalue weighted by atomic mass is 32.2. The highest BCUT2D eigenvalue weighted by Gasteiger charge is 2.09. The fraction of sp³-hybridized carbons (Fsp3) is 0.250. The van der Waals surface area contributed by atoms with Gasteiger partial charge in [-0.05, 0) is 17.7 Å². The van der Waals surface area contributed by atoms with Gasteiger partial charge in [-0.15, -0.1) is 0 Å². The summed E-state index contributed by atoms with van der Waals surface area (Å²) in [4.78, 5) is 14.5. The van der Waals surface area contributed by atoms with Crippen molar-refractivity contribution >= 4 is 17.7 Å². The number of benzene rings is 1. The van der Waals surface area contributed by atoms with Gasteiger partial charge in [0.2, 0.25) is 0 Å². The van der Waals surface area contributed by atoms with Gasteiger partial charge in [-0.3, -0.25) is 4.79 Å². The van der Waals surface area contributed by atoms with Gasteiger partial charge in [0.1, 0.15) is 11.5 Å². The van der Waals surface area contributed by atoms with E-state index >= 15 is 0 Å². The third kappa shape index (κ3) is 3.99. The quantitative estimate of drug-likeness (QED) is 0.808. The Hall–Kier alpha value is -2.02. The molecule has 1 aromatic carbocycles. The molecule has 1 N–H and O–H groups in total. The average molecular weight is 280 g/mol. The van der Waals surface area contributed by atoms with Crippen LogP contribution < -0.4 is 4.74 Å². The van der Waals surface area contributed by atoms with E-state index in [-0.39, 0.29) is 11.0 Å². The molecule has 0 fully saturated rings. The summed E-state index contributed by atoms with van der Waals surface area (Å²) in [5.41, 5.74) is 1.02. The predicted molar refractivity (Wildman–Crippen MR) is 68.5 cm³/mol. The molecule has 0 aliphatic heterocycles. The lowest BCUT2D eigenvalue weighted by Crippen LogP contribution is -1.97. The Balaban J connectivity index is 1.96. The van der Waals surface area contributed by atoms with Crippen LogP contribution in [0.5, 0.6) is 5.75 Å². The van der Waals surface area contributed by atoms with Crippen LogP contribution in [0.15, 0.2) is 34.0 Å². The Morgan fingerprint density at radius 1 is 1.42 bits per heavy atom. The van der Waals surface area contributed by atoms with Crippen molar-refractivity contribution in [3.05, 3.63) is 35.7 Å². The molecule has 0 saturated carbocycles. The highest BCUT2D eigenvalue weighted by molar-refractivity contribution is 7.99. The van der Waals surface area contributed by atoms with E-state index in [1.165, 1.54) is 0 Å². The number of hydrogen-bond acceptors (Lipinski definition) is 6. The Morgan fingerprint density at radius 2 is 2.16 bits per heavy atom. The minimum absolute atomic E-state index is 0.0931. The van der Waals surface area contributed by atoms with Gasteiger partial charge < -0.3 is 14.4 Å². The first kappa shape index (κ1) is 13.4. The summed E-state index contributed by atoms with van der Waals surface area (Å²) in [5, 5.41) is 12.6. The largest absolute Gasteiger partial charge is 0.497 e.